The summed E-state index contributed by atoms with van der Waals surface area (Å²) >= 11 is 0. The van der Waals surface area contributed by atoms with E-state index in [1.54, 1.807) is 6.33 Å². The quantitative estimate of drug-likeness (QED) is 0.332. The molecule has 1 saturated carbocycles. The lowest BCUT2D eigenvalue weighted by Gasteiger charge is -2.23. The van der Waals surface area contributed by atoms with E-state index in [1.165, 1.54) is 19.3 Å². The van der Waals surface area contributed by atoms with E-state index in [0.29, 0.717) is 37.1 Å². The van der Waals surface area contributed by atoms with Gasteiger partial charge in [0.2, 0.25) is 5.95 Å². The number of aliphatic hydroxyl groups is 1. The van der Waals surface area contributed by atoms with Gasteiger partial charge >= 0.3 is 0 Å². The first-order chi connectivity index (χ1) is 15.7. The Bertz CT molecular complexity index is 1010. The molecule has 32 heavy (non-hydrogen) atoms. The highest BCUT2D eigenvalue weighted by molar-refractivity contribution is 5.84. The van der Waals surface area contributed by atoms with Crippen molar-refractivity contribution in [3.05, 3.63) is 30.6 Å². The van der Waals surface area contributed by atoms with Crippen LogP contribution in [0.15, 0.2) is 30.6 Å². The fourth-order valence-electron chi connectivity index (χ4n) is 3.89. The molecule has 170 valence electrons. The van der Waals surface area contributed by atoms with E-state index >= 15 is 0 Å². The zero-order valence-corrected chi connectivity index (χ0v) is 18.1. The minimum Gasteiger partial charge on any atom is -0.494 e. The third-order valence-electron chi connectivity index (χ3n) is 5.64. The third-order valence-corrected chi connectivity index (χ3v) is 5.64. The number of rotatable bonds is 11. The van der Waals surface area contributed by atoms with Crippen molar-refractivity contribution < 1.29 is 14.6 Å². The largest absolute Gasteiger partial charge is 0.494 e. The van der Waals surface area contributed by atoms with E-state index in [-0.39, 0.29) is 12.4 Å². The summed E-state index contributed by atoms with van der Waals surface area (Å²) in [6.45, 7) is 0.144. The number of Topliss-reactive ketones (excluding diaryl/α,β-unsaturated/α-hetero) is 1. The highest BCUT2D eigenvalue weighted by Crippen LogP contribution is 2.26. The predicted octanol–water partition coefficient (Wildman–Crippen LogP) is 3.95. The van der Waals surface area contributed by atoms with Gasteiger partial charge in [0.15, 0.2) is 17.2 Å². The number of ether oxygens (including phenoxy) is 1. The average Bonchev–Trinajstić information content (AvgIpc) is 3.29. The number of aliphatic hydroxyl groups excluding tert-OH is 1. The minimum atomic E-state index is -0.385. The molecule has 4 rings (SSSR count). The number of ketones is 1. The summed E-state index contributed by atoms with van der Waals surface area (Å²) < 4.78 is 5.72. The Labute approximate surface area is 187 Å². The number of nitrogens with zero attached hydrogens (tertiary/aromatic N) is 3. The molecule has 9 heteroatoms. The second-order valence-corrected chi connectivity index (χ2v) is 8.13. The van der Waals surface area contributed by atoms with Crippen molar-refractivity contribution in [2.24, 2.45) is 0 Å². The van der Waals surface area contributed by atoms with Crippen LogP contribution >= 0.6 is 0 Å². The van der Waals surface area contributed by atoms with Crippen LogP contribution in [-0.4, -0.2) is 50.1 Å². The molecule has 9 nitrogen and oxygen atoms in total. The number of nitrogens with one attached hydrogen (secondary N) is 3. The monoisotopic (exact) mass is 438 g/mol. The van der Waals surface area contributed by atoms with E-state index < -0.39 is 0 Å². The predicted molar refractivity (Wildman–Crippen MR) is 123 cm³/mol. The van der Waals surface area contributed by atoms with Crippen LogP contribution in [0.4, 0.5) is 17.5 Å². The average molecular weight is 439 g/mol. The van der Waals surface area contributed by atoms with Gasteiger partial charge in [-0.15, -0.1) is 0 Å². The van der Waals surface area contributed by atoms with Crippen molar-refractivity contribution in [1.29, 1.82) is 0 Å². The number of H-pyrrole nitrogens is 1. The Morgan fingerprint density at radius 2 is 1.94 bits per heavy atom. The molecule has 1 aliphatic carbocycles. The molecule has 0 unspecified atom stereocenters. The van der Waals surface area contributed by atoms with Gasteiger partial charge in [-0.05, 0) is 49.9 Å². The summed E-state index contributed by atoms with van der Waals surface area (Å²) in [5.41, 5.74) is 2.30. The molecule has 0 amide bonds. The van der Waals surface area contributed by atoms with Gasteiger partial charge in [0.1, 0.15) is 17.9 Å². The van der Waals surface area contributed by atoms with Gasteiger partial charge in [-0.1, -0.05) is 19.3 Å². The fraction of sp³-hybridized carbons (Fsp3) is 0.478. The van der Waals surface area contributed by atoms with E-state index in [0.717, 1.165) is 42.0 Å². The Kier molecular flexibility index (Phi) is 7.50. The zero-order chi connectivity index (χ0) is 22.2. The lowest BCUT2D eigenvalue weighted by Crippen LogP contribution is -2.23. The molecular weight excluding hydrogens is 408 g/mol. The van der Waals surface area contributed by atoms with Gasteiger partial charge in [0, 0.05) is 18.2 Å². The first kappa shape index (κ1) is 22.0. The molecule has 0 bridgehead atoms. The molecule has 0 atom stereocenters. The second kappa shape index (κ2) is 10.9. The molecular formula is C23H30N6O3. The summed E-state index contributed by atoms with van der Waals surface area (Å²) in [7, 11) is 0. The van der Waals surface area contributed by atoms with Crippen molar-refractivity contribution in [3.8, 4) is 5.75 Å². The van der Waals surface area contributed by atoms with Gasteiger partial charge in [0.25, 0.3) is 0 Å². The normalized spacial score (nSPS) is 14.4. The van der Waals surface area contributed by atoms with Crippen LogP contribution in [0.3, 0.4) is 0 Å². The number of aromatic amines is 1. The molecule has 0 saturated heterocycles. The Hall–Kier alpha value is -3.20. The summed E-state index contributed by atoms with van der Waals surface area (Å²) in [4.78, 5) is 27.8. The van der Waals surface area contributed by atoms with Crippen molar-refractivity contribution in [2.75, 3.05) is 23.8 Å². The van der Waals surface area contributed by atoms with E-state index in [9.17, 15) is 4.79 Å². The maximum Gasteiger partial charge on any atom is 0.231 e. The molecule has 4 N–H and O–H groups in total. The molecule has 0 aliphatic heterocycles. The van der Waals surface area contributed by atoms with Gasteiger partial charge in [-0.25, -0.2) is 4.98 Å². The summed E-state index contributed by atoms with van der Waals surface area (Å²) in [6.07, 6.45) is 9.61. The second-order valence-electron chi connectivity index (χ2n) is 8.13. The van der Waals surface area contributed by atoms with Crippen LogP contribution < -0.4 is 15.4 Å². The Morgan fingerprint density at radius 3 is 2.72 bits per heavy atom. The van der Waals surface area contributed by atoms with Crippen molar-refractivity contribution in [1.82, 2.24) is 19.9 Å². The van der Waals surface area contributed by atoms with Crippen molar-refractivity contribution >= 4 is 34.4 Å². The molecule has 3 aromatic rings. The summed E-state index contributed by atoms with van der Waals surface area (Å²) in [5.74, 6) is 1.90. The van der Waals surface area contributed by atoms with Gasteiger partial charge in [-0.2, -0.15) is 9.97 Å². The fourth-order valence-corrected chi connectivity index (χ4v) is 3.89. The number of carbonyl (C=O) groups excluding carboxylic acids is 1. The summed E-state index contributed by atoms with van der Waals surface area (Å²) in [6, 6.07) is 8.02. The smallest absolute Gasteiger partial charge is 0.231 e. The van der Waals surface area contributed by atoms with Crippen molar-refractivity contribution in [2.45, 2.75) is 57.4 Å². The number of imidazole rings is 1. The minimum absolute atomic E-state index is 0.132. The topological polar surface area (TPSA) is 125 Å². The zero-order valence-electron chi connectivity index (χ0n) is 18.1. The van der Waals surface area contributed by atoms with Crippen LogP contribution in [0.25, 0.3) is 11.2 Å². The highest BCUT2D eigenvalue weighted by atomic mass is 16.5. The van der Waals surface area contributed by atoms with Crippen LogP contribution in [0.5, 0.6) is 5.75 Å². The molecule has 1 fully saturated rings. The number of anilines is 3. The lowest BCUT2D eigenvalue weighted by molar-refractivity contribution is -0.121. The highest BCUT2D eigenvalue weighted by Gasteiger charge is 2.17. The molecule has 2 aromatic heterocycles. The third kappa shape index (κ3) is 5.94. The van der Waals surface area contributed by atoms with E-state index in [2.05, 4.69) is 25.6 Å². The number of fused-ring (bicyclic) bond motifs is 1. The molecule has 0 spiro atoms. The van der Waals surface area contributed by atoms with Gasteiger partial charge < -0.3 is 25.5 Å². The van der Waals surface area contributed by atoms with Crippen LogP contribution in [0, 0.1) is 0 Å². The first-order valence-corrected chi connectivity index (χ1v) is 11.3. The maximum atomic E-state index is 11.1. The van der Waals surface area contributed by atoms with Crippen molar-refractivity contribution in [3.63, 3.8) is 0 Å². The van der Waals surface area contributed by atoms with Gasteiger partial charge in [0.05, 0.1) is 12.9 Å². The Balaban J connectivity index is 1.35. The number of hydrogen-bond acceptors (Lipinski definition) is 8. The van der Waals surface area contributed by atoms with Crippen LogP contribution in [0.2, 0.25) is 0 Å². The van der Waals surface area contributed by atoms with Crippen LogP contribution in [-0.2, 0) is 4.79 Å². The first-order valence-electron chi connectivity index (χ1n) is 11.3. The number of unbranched alkanes of at least 4 members (excludes halogenated alkanes) is 1. The number of hydrogen-bond donors (Lipinski definition) is 4. The van der Waals surface area contributed by atoms with Crippen LogP contribution in [0.1, 0.15) is 51.4 Å². The maximum absolute atomic E-state index is 11.1. The summed E-state index contributed by atoms with van der Waals surface area (Å²) in [5, 5.41) is 15.6. The molecule has 1 aromatic carbocycles. The van der Waals surface area contributed by atoms with Gasteiger partial charge in [-0.3, -0.25) is 4.79 Å². The Morgan fingerprint density at radius 1 is 1.12 bits per heavy atom. The molecule has 1 aliphatic rings. The van der Waals surface area contributed by atoms with E-state index in [1.807, 2.05) is 24.3 Å². The number of benzene rings is 1. The van der Waals surface area contributed by atoms with E-state index in [4.69, 9.17) is 14.8 Å². The SMILES string of the molecule is O=C(CO)CCCCOc1ccc(Nc2nc(NC3CCCCC3)c3[nH]cnc3n2)cc1. The molecule has 2 heterocycles. The number of aromatic nitrogens is 4. The molecule has 0 radical (unpaired) electrons. The lowest BCUT2D eigenvalue weighted by atomic mass is 9.95. The number of carbonyl (C=O) groups is 1. The standard InChI is InChI=1S/C23H30N6O3/c30-14-18(31)8-4-5-13-32-19-11-9-17(10-12-19)27-23-28-21-20(24-15-25-21)22(29-23)26-16-6-2-1-3-7-16/h9-12,15-16,30H,1-8,13-14H2,(H3,24,25,26,27,28,29).